The normalized spacial score (nSPS) is 14.2. The number of hydrogen-bond acceptors (Lipinski definition) is 8. The van der Waals surface area contributed by atoms with E-state index < -0.39 is 12.2 Å². The predicted molar refractivity (Wildman–Crippen MR) is 198 cm³/mol. The molecular formula is C40H79NO7. The van der Waals surface area contributed by atoms with Gasteiger partial charge in [-0.05, 0) is 64.2 Å². The van der Waals surface area contributed by atoms with Crippen molar-refractivity contribution >= 4 is 11.9 Å². The summed E-state index contributed by atoms with van der Waals surface area (Å²) < 4.78 is 11.4. The first-order chi connectivity index (χ1) is 23.3. The van der Waals surface area contributed by atoms with Crippen LogP contribution in [0.1, 0.15) is 195 Å². The minimum Gasteiger partial charge on any atom is -0.462 e. The Morgan fingerprint density at radius 1 is 0.521 bits per heavy atom. The van der Waals surface area contributed by atoms with E-state index in [1.807, 2.05) is 4.90 Å². The van der Waals surface area contributed by atoms with Gasteiger partial charge in [-0.15, -0.1) is 0 Å². The zero-order chi connectivity index (χ0) is 35.7. The SMILES string of the molecule is CCCCCCCCC(CC)OC(=O)CCCCCC(O)CN(CCO)CC(O)CCCCCC(=O)OC(CC)CCCCCCCC. The van der Waals surface area contributed by atoms with Crippen LogP contribution >= 0.6 is 0 Å². The summed E-state index contributed by atoms with van der Waals surface area (Å²) in [5, 5.41) is 30.7. The van der Waals surface area contributed by atoms with E-state index in [0.717, 1.165) is 77.0 Å². The van der Waals surface area contributed by atoms with Crippen molar-refractivity contribution in [3.05, 3.63) is 0 Å². The Morgan fingerprint density at radius 2 is 0.875 bits per heavy atom. The molecule has 286 valence electrons. The highest BCUT2D eigenvalue weighted by Gasteiger charge is 2.17. The van der Waals surface area contributed by atoms with Crippen LogP contribution in [0.4, 0.5) is 0 Å². The van der Waals surface area contributed by atoms with Gasteiger partial charge in [-0.25, -0.2) is 0 Å². The van der Waals surface area contributed by atoms with E-state index >= 15 is 0 Å². The topological polar surface area (TPSA) is 117 Å². The molecule has 0 bridgehead atoms. The van der Waals surface area contributed by atoms with Crippen molar-refractivity contribution in [1.29, 1.82) is 0 Å². The largest absolute Gasteiger partial charge is 0.462 e. The van der Waals surface area contributed by atoms with Crippen molar-refractivity contribution < 1.29 is 34.4 Å². The third-order valence-electron chi connectivity index (χ3n) is 9.46. The molecule has 0 aromatic carbocycles. The number of aliphatic hydroxyl groups excluding tert-OH is 3. The molecule has 0 amide bonds. The van der Waals surface area contributed by atoms with Crippen LogP contribution in [0.25, 0.3) is 0 Å². The molecule has 0 spiro atoms. The Morgan fingerprint density at radius 3 is 1.25 bits per heavy atom. The summed E-state index contributed by atoms with van der Waals surface area (Å²) in [6.45, 7) is 9.79. The van der Waals surface area contributed by atoms with Crippen molar-refractivity contribution in [2.75, 3.05) is 26.2 Å². The van der Waals surface area contributed by atoms with Gasteiger partial charge >= 0.3 is 11.9 Å². The van der Waals surface area contributed by atoms with Gasteiger partial charge in [0.2, 0.25) is 0 Å². The molecule has 0 saturated carbocycles. The highest BCUT2D eigenvalue weighted by atomic mass is 16.5. The number of aliphatic hydroxyl groups is 3. The standard InChI is InChI=1S/C40H79NO7/c1-5-9-11-13-15-21-27-37(7-3)47-39(45)29-23-17-19-25-35(43)33-41(31-32-42)34-36(44)26-20-18-24-30-40(46)48-38(8-4)28-22-16-14-12-10-6-2/h35-38,42-44H,5-34H2,1-4H3. The van der Waals surface area contributed by atoms with Crippen molar-refractivity contribution in [2.45, 2.75) is 219 Å². The van der Waals surface area contributed by atoms with Crippen LogP contribution < -0.4 is 0 Å². The molecule has 0 saturated heterocycles. The molecule has 3 N–H and O–H groups in total. The summed E-state index contributed by atoms with van der Waals surface area (Å²) in [5.41, 5.74) is 0. The molecule has 0 aliphatic heterocycles. The number of rotatable bonds is 36. The molecule has 0 aromatic rings. The Kier molecular flexibility index (Phi) is 33.4. The van der Waals surface area contributed by atoms with E-state index in [9.17, 15) is 24.9 Å². The maximum atomic E-state index is 12.3. The first kappa shape index (κ1) is 46.8. The first-order valence-corrected chi connectivity index (χ1v) is 20.4. The molecule has 0 heterocycles. The lowest BCUT2D eigenvalue weighted by molar-refractivity contribution is -0.150. The molecular weight excluding hydrogens is 606 g/mol. The van der Waals surface area contributed by atoms with Gasteiger partial charge in [0.15, 0.2) is 0 Å². The number of unbranched alkanes of at least 4 members (excludes halogenated alkanes) is 14. The molecule has 0 aromatic heterocycles. The summed E-state index contributed by atoms with van der Waals surface area (Å²) in [6, 6.07) is 0. The third kappa shape index (κ3) is 29.7. The highest BCUT2D eigenvalue weighted by Crippen LogP contribution is 2.17. The van der Waals surface area contributed by atoms with Gasteiger partial charge in [-0.1, -0.05) is 118 Å². The molecule has 4 atom stereocenters. The average molecular weight is 686 g/mol. The number of hydrogen-bond donors (Lipinski definition) is 3. The first-order valence-electron chi connectivity index (χ1n) is 20.4. The molecule has 0 fully saturated rings. The van der Waals surface area contributed by atoms with E-state index in [2.05, 4.69) is 27.7 Å². The zero-order valence-corrected chi connectivity index (χ0v) is 31.9. The van der Waals surface area contributed by atoms with Crippen molar-refractivity contribution in [2.24, 2.45) is 0 Å². The second-order valence-corrected chi connectivity index (χ2v) is 14.1. The fraction of sp³-hybridized carbons (Fsp3) is 0.950. The van der Waals surface area contributed by atoms with E-state index in [-0.39, 0.29) is 30.8 Å². The van der Waals surface area contributed by atoms with Crippen LogP contribution in [0.3, 0.4) is 0 Å². The monoisotopic (exact) mass is 686 g/mol. The Bertz CT molecular complexity index is 666. The zero-order valence-electron chi connectivity index (χ0n) is 31.9. The van der Waals surface area contributed by atoms with Gasteiger partial charge in [-0.3, -0.25) is 14.5 Å². The summed E-state index contributed by atoms with van der Waals surface area (Å²) in [6.07, 6.45) is 24.4. The summed E-state index contributed by atoms with van der Waals surface area (Å²) in [5.74, 6) is -0.222. The Hall–Kier alpha value is -1.22. The lowest BCUT2D eigenvalue weighted by atomic mass is 10.1. The number of ether oxygens (including phenoxy) is 2. The third-order valence-corrected chi connectivity index (χ3v) is 9.46. The van der Waals surface area contributed by atoms with Crippen LogP contribution in [0.5, 0.6) is 0 Å². The van der Waals surface area contributed by atoms with Gasteiger partial charge in [0.25, 0.3) is 0 Å². The minimum absolute atomic E-state index is 0.0280. The Labute approximate surface area is 296 Å². The fourth-order valence-electron chi connectivity index (χ4n) is 6.32. The predicted octanol–water partition coefficient (Wildman–Crippen LogP) is 9.05. The van der Waals surface area contributed by atoms with Crippen LogP contribution in [-0.4, -0.2) is 82.8 Å². The van der Waals surface area contributed by atoms with Gasteiger partial charge in [0.1, 0.15) is 12.2 Å². The number of carbonyl (C=O) groups excluding carboxylic acids is 2. The smallest absolute Gasteiger partial charge is 0.306 e. The summed E-state index contributed by atoms with van der Waals surface area (Å²) in [4.78, 5) is 26.5. The minimum atomic E-state index is -0.545. The average Bonchev–Trinajstić information content (AvgIpc) is 3.06. The van der Waals surface area contributed by atoms with E-state index in [0.29, 0.717) is 45.3 Å². The molecule has 0 rings (SSSR count). The highest BCUT2D eigenvalue weighted by molar-refractivity contribution is 5.69. The fourth-order valence-corrected chi connectivity index (χ4v) is 6.32. The summed E-state index contributed by atoms with van der Waals surface area (Å²) >= 11 is 0. The molecule has 8 heteroatoms. The lowest BCUT2D eigenvalue weighted by Crippen LogP contribution is -2.39. The molecule has 0 aliphatic rings. The second-order valence-electron chi connectivity index (χ2n) is 14.1. The van der Waals surface area contributed by atoms with E-state index in [1.54, 1.807) is 0 Å². The number of esters is 2. The van der Waals surface area contributed by atoms with Gasteiger partial charge in [0.05, 0.1) is 18.8 Å². The van der Waals surface area contributed by atoms with Crippen LogP contribution in [-0.2, 0) is 19.1 Å². The molecule has 0 radical (unpaired) electrons. The van der Waals surface area contributed by atoms with Crippen molar-refractivity contribution in [3.8, 4) is 0 Å². The summed E-state index contributed by atoms with van der Waals surface area (Å²) in [7, 11) is 0. The number of nitrogens with zero attached hydrogens (tertiary/aromatic N) is 1. The van der Waals surface area contributed by atoms with Crippen LogP contribution in [0.2, 0.25) is 0 Å². The maximum Gasteiger partial charge on any atom is 0.306 e. The second kappa shape index (κ2) is 34.2. The van der Waals surface area contributed by atoms with Crippen LogP contribution in [0.15, 0.2) is 0 Å². The van der Waals surface area contributed by atoms with Crippen molar-refractivity contribution in [3.63, 3.8) is 0 Å². The van der Waals surface area contributed by atoms with Crippen LogP contribution in [0, 0.1) is 0 Å². The molecule has 4 unspecified atom stereocenters. The van der Waals surface area contributed by atoms with Gasteiger partial charge in [0, 0.05) is 32.5 Å². The van der Waals surface area contributed by atoms with Crippen molar-refractivity contribution in [1.82, 2.24) is 4.90 Å². The molecule has 8 nitrogen and oxygen atoms in total. The van der Waals surface area contributed by atoms with E-state index in [4.69, 9.17) is 9.47 Å². The van der Waals surface area contributed by atoms with Gasteiger partial charge < -0.3 is 24.8 Å². The quantitative estimate of drug-likeness (QED) is 0.0442. The molecule has 48 heavy (non-hydrogen) atoms. The Balaban J connectivity index is 4.07. The lowest BCUT2D eigenvalue weighted by Gasteiger charge is -2.26. The number of carbonyl (C=O) groups is 2. The molecule has 0 aliphatic carbocycles. The van der Waals surface area contributed by atoms with Gasteiger partial charge in [-0.2, -0.15) is 0 Å². The van der Waals surface area contributed by atoms with E-state index in [1.165, 1.54) is 64.2 Å². The maximum absolute atomic E-state index is 12.3.